The molecule has 0 aliphatic carbocycles. The molecule has 3 N–H and O–H groups in total. The number of thioether (sulfide) groups is 1. The smallest absolute Gasteiger partial charge is 0.272 e. The lowest BCUT2D eigenvalue weighted by Gasteiger charge is -2.13. The summed E-state index contributed by atoms with van der Waals surface area (Å²) in [5.41, 5.74) is 2.50. The number of para-hydroxylation sites is 1. The summed E-state index contributed by atoms with van der Waals surface area (Å²) >= 11 is 2.78. The number of aromatic nitrogens is 1. The van der Waals surface area contributed by atoms with E-state index in [4.69, 9.17) is 4.74 Å². The van der Waals surface area contributed by atoms with Crippen molar-refractivity contribution in [3.05, 3.63) is 107 Å². The number of anilines is 2. The molecule has 0 bridgehead atoms. The van der Waals surface area contributed by atoms with Crippen LogP contribution in [0.5, 0.6) is 5.75 Å². The number of carbonyl (C=O) groups is 3. The number of benzene rings is 3. The fourth-order valence-corrected chi connectivity index (χ4v) is 5.13. The van der Waals surface area contributed by atoms with Gasteiger partial charge in [-0.3, -0.25) is 14.4 Å². The third kappa shape index (κ3) is 7.81. The normalized spacial score (nSPS) is 11.8. The molecule has 4 rings (SSSR count). The van der Waals surface area contributed by atoms with Gasteiger partial charge >= 0.3 is 0 Å². The average Bonchev–Trinajstić information content (AvgIpc) is 3.38. The van der Waals surface area contributed by atoms with Gasteiger partial charge < -0.3 is 20.7 Å². The molecule has 40 heavy (non-hydrogen) atoms. The highest BCUT2D eigenvalue weighted by atomic mass is 32.2. The van der Waals surface area contributed by atoms with E-state index in [1.54, 1.807) is 61.7 Å². The number of ether oxygens (including phenoxy) is 1. The van der Waals surface area contributed by atoms with Gasteiger partial charge in [-0.15, -0.1) is 23.1 Å². The van der Waals surface area contributed by atoms with Crippen molar-refractivity contribution in [1.29, 1.82) is 0 Å². The number of nitrogens with zero attached hydrogens (tertiary/aromatic N) is 1. The Hall–Kier alpha value is -4.41. The molecule has 8 nitrogen and oxygen atoms in total. The molecule has 0 saturated carbocycles. The molecule has 204 valence electrons. The van der Waals surface area contributed by atoms with Crippen LogP contribution in [0.15, 0.2) is 94.8 Å². The minimum absolute atomic E-state index is 0.0551. The largest absolute Gasteiger partial charge is 0.496 e. The fourth-order valence-electron chi connectivity index (χ4n) is 3.57. The second-order valence-corrected chi connectivity index (χ2v) is 10.9. The van der Waals surface area contributed by atoms with E-state index in [1.807, 2.05) is 49.6 Å². The van der Waals surface area contributed by atoms with Crippen molar-refractivity contribution in [2.24, 2.45) is 0 Å². The van der Waals surface area contributed by atoms with Crippen LogP contribution in [0.2, 0.25) is 0 Å². The first-order valence-corrected chi connectivity index (χ1v) is 14.1. The van der Waals surface area contributed by atoms with Gasteiger partial charge in [0.05, 0.1) is 18.1 Å². The van der Waals surface area contributed by atoms with E-state index in [0.717, 1.165) is 10.6 Å². The lowest BCUT2D eigenvalue weighted by atomic mass is 10.1. The van der Waals surface area contributed by atoms with Crippen molar-refractivity contribution in [1.82, 2.24) is 10.3 Å². The van der Waals surface area contributed by atoms with E-state index in [0.29, 0.717) is 27.7 Å². The van der Waals surface area contributed by atoms with Gasteiger partial charge in [-0.1, -0.05) is 36.4 Å². The van der Waals surface area contributed by atoms with E-state index in [1.165, 1.54) is 23.1 Å². The molecule has 0 aliphatic rings. The Kier molecular flexibility index (Phi) is 9.71. The minimum Gasteiger partial charge on any atom is -0.496 e. The highest BCUT2D eigenvalue weighted by Crippen LogP contribution is 2.27. The minimum atomic E-state index is -0.498. The monoisotopic (exact) mass is 572 g/mol. The average molecular weight is 573 g/mol. The maximum atomic E-state index is 13.3. The van der Waals surface area contributed by atoms with Crippen LogP contribution in [0, 0.1) is 6.92 Å². The quantitative estimate of drug-likeness (QED) is 0.159. The van der Waals surface area contributed by atoms with Crippen molar-refractivity contribution >= 4 is 57.7 Å². The van der Waals surface area contributed by atoms with Gasteiger partial charge in [0.25, 0.3) is 11.8 Å². The lowest BCUT2D eigenvalue weighted by molar-refractivity contribution is -0.115. The maximum Gasteiger partial charge on any atom is 0.272 e. The molecular weight excluding hydrogens is 544 g/mol. The Morgan fingerprint density at radius 3 is 2.33 bits per heavy atom. The van der Waals surface area contributed by atoms with Crippen molar-refractivity contribution in [2.75, 3.05) is 17.7 Å². The molecule has 0 aliphatic heterocycles. The predicted molar refractivity (Wildman–Crippen MR) is 161 cm³/mol. The van der Waals surface area contributed by atoms with Crippen LogP contribution in [0.3, 0.4) is 0 Å². The Balaban J connectivity index is 1.46. The summed E-state index contributed by atoms with van der Waals surface area (Å²) < 4.78 is 5.41. The van der Waals surface area contributed by atoms with Crippen molar-refractivity contribution in [3.8, 4) is 5.75 Å². The standard InChI is InChI=1S/C30H28N4O4S2/c1-19-18-39-30(31-19)34-27(35)20(2)40-24-15-13-23(14-16-24)32-29(37)25(17-22-11-7-8-12-26(22)38-3)33-28(36)21-9-5-4-6-10-21/h4-18,20H,1-3H3,(H,32,37)(H,33,36)(H,31,34,35)/b25-17-. The second-order valence-electron chi connectivity index (χ2n) is 8.64. The molecule has 1 atom stereocenters. The predicted octanol–water partition coefficient (Wildman–Crippen LogP) is 5.99. The Labute approximate surface area is 240 Å². The van der Waals surface area contributed by atoms with Gasteiger partial charge in [0.15, 0.2) is 5.13 Å². The van der Waals surface area contributed by atoms with Crippen LogP contribution in [0.4, 0.5) is 10.8 Å². The van der Waals surface area contributed by atoms with Crippen molar-refractivity contribution in [2.45, 2.75) is 24.0 Å². The molecule has 3 aromatic carbocycles. The van der Waals surface area contributed by atoms with Gasteiger partial charge in [-0.25, -0.2) is 4.98 Å². The first-order valence-electron chi connectivity index (χ1n) is 12.3. The zero-order valence-electron chi connectivity index (χ0n) is 22.1. The summed E-state index contributed by atoms with van der Waals surface area (Å²) in [6.07, 6.45) is 1.57. The van der Waals surface area contributed by atoms with Gasteiger partial charge in [-0.2, -0.15) is 0 Å². The van der Waals surface area contributed by atoms with Gasteiger partial charge in [0.2, 0.25) is 5.91 Å². The Morgan fingerprint density at radius 1 is 0.950 bits per heavy atom. The topological polar surface area (TPSA) is 109 Å². The summed E-state index contributed by atoms with van der Waals surface area (Å²) in [4.78, 5) is 43.8. The number of methoxy groups -OCH3 is 1. The highest BCUT2D eigenvalue weighted by molar-refractivity contribution is 8.00. The van der Waals surface area contributed by atoms with Crippen molar-refractivity contribution < 1.29 is 19.1 Å². The van der Waals surface area contributed by atoms with E-state index < -0.39 is 11.8 Å². The number of aryl methyl sites for hydroxylation is 1. The molecule has 3 amide bonds. The lowest BCUT2D eigenvalue weighted by Crippen LogP contribution is -2.30. The third-order valence-corrected chi connectivity index (χ3v) is 7.60. The number of nitrogens with one attached hydrogen (secondary N) is 3. The maximum absolute atomic E-state index is 13.3. The first-order chi connectivity index (χ1) is 19.3. The van der Waals surface area contributed by atoms with E-state index >= 15 is 0 Å². The molecule has 0 saturated heterocycles. The summed E-state index contributed by atoms with van der Waals surface area (Å²) in [6.45, 7) is 3.69. The molecular formula is C30H28N4O4S2. The van der Waals surface area contributed by atoms with Crippen LogP contribution < -0.4 is 20.7 Å². The summed E-state index contributed by atoms with van der Waals surface area (Å²) in [7, 11) is 1.54. The number of amides is 3. The number of carbonyl (C=O) groups excluding carboxylic acids is 3. The fraction of sp³-hybridized carbons (Fsp3) is 0.133. The molecule has 0 radical (unpaired) electrons. The number of hydrogen-bond donors (Lipinski definition) is 3. The zero-order valence-corrected chi connectivity index (χ0v) is 23.8. The molecule has 4 aromatic rings. The summed E-state index contributed by atoms with van der Waals surface area (Å²) in [5, 5.41) is 10.5. The molecule has 1 heterocycles. The summed E-state index contributed by atoms with van der Waals surface area (Å²) in [5.74, 6) is -0.491. The third-order valence-electron chi connectivity index (χ3n) is 5.61. The van der Waals surface area contributed by atoms with Crippen LogP contribution in [0.1, 0.15) is 28.5 Å². The van der Waals surface area contributed by atoms with Gasteiger partial charge in [-0.05, 0) is 62.4 Å². The zero-order chi connectivity index (χ0) is 28.5. The van der Waals surface area contributed by atoms with Crippen LogP contribution in [0.25, 0.3) is 6.08 Å². The highest BCUT2D eigenvalue weighted by Gasteiger charge is 2.18. The number of thiazole rings is 1. The molecule has 0 spiro atoms. The number of rotatable bonds is 10. The second kappa shape index (κ2) is 13.6. The van der Waals surface area contributed by atoms with Crippen LogP contribution in [-0.4, -0.2) is 35.1 Å². The summed E-state index contributed by atoms with van der Waals surface area (Å²) in [6, 6.07) is 23.0. The van der Waals surface area contributed by atoms with Crippen molar-refractivity contribution in [3.63, 3.8) is 0 Å². The molecule has 0 fully saturated rings. The number of hydrogen-bond acceptors (Lipinski definition) is 7. The molecule has 10 heteroatoms. The van der Waals surface area contributed by atoms with Gasteiger partial charge in [0, 0.05) is 27.1 Å². The Morgan fingerprint density at radius 2 is 1.65 bits per heavy atom. The molecule has 1 aromatic heterocycles. The molecule has 1 unspecified atom stereocenters. The van der Waals surface area contributed by atoms with Crippen LogP contribution in [-0.2, 0) is 9.59 Å². The van der Waals surface area contributed by atoms with E-state index in [9.17, 15) is 14.4 Å². The Bertz CT molecular complexity index is 1520. The van der Waals surface area contributed by atoms with Gasteiger partial charge in [0.1, 0.15) is 11.4 Å². The SMILES string of the molecule is COc1ccccc1/C=C(\NC(=O)c1ccccc1)C(=O)Nc1ccc(SC(C)C(=O)Nc2nc(C)cs2)cc1. The first kappa shape index (κ1) is 28.6. The van der Waals surface area contributed by atoms with E-state index in [-0.39, 0.29) is 16.9 Å². The van der Waals surface area contributed by atoms with Crippen LogP contribution >= 0.6 is 23.1 Å². The van der Waals surface area contributed by atoms with E-state index in [2.05, 4.69) is 20.9 Å².